The fourth-order valence-electron chi connectivity index (χ4n) is 4.43. The Morgan fingerprint density at radius 3 is 2.63 bits per heavy atom. The van der Waals surface area contributed by atoms with E-state index in [1.54, 1.807) is 6.20 Å². The van der Waals surface area contributed by atoms with E-state index in [9.17, 15) is 5.26 Å². The maximum atomic E-state index is 9.99. The Kier molecular flexibility index (Phi) is 7.66. The fourth-order valence-corrected chi connectivity index (χ4v) is 5.54. The zero-order chi connectivity index (χ0) is 27.7. The minimum Gasteiger partial charge on any atom is -0.416 e. The van der Waals surface area contributed by atoms with Gasteiger partial charge in [0.15, 0.2) is 8.32 Å². The van der Waals surface area contributed by atoms with Gasteiger partial charge in [-0.1, -0.05) is 39.8 Å². The predicted molar refractivity (Wildman–Crippen MR) is 158 cm³/mol. The molecule has 0 saturated carbocycles. The number of aromatic nitrogens is 2. The summed E-state index contributed by atoms with van der Waals surface area (Å²) in [6.45, 7) is 17.7. The van der Waals surface area contributed by atoms with Gasteiger partial charge < -0.3 is 20.4 Å². The molecule has 0 saturated heterocycles. The molecule has 0 radical (unpaired) electrons. The van der Waals surface area contributed by atoms with E-state index in [2.05, 4.69) is 99.0 Å². The molecule has 0 unspecified atom stereocenters. The van der Waals surface area contributed by atoms with Crippen LogP contribution in [0.3, 0.4) is 0 Å². The van der Waals surface area contributed by atoms with E-state index in [4.69, 9.17) is 9.41 Å². The summed E-state index contributed by atoms with van der Waals surface area (Å²) in [5, 5.41) is 20.2. The Morgan fingerprint density at radius 1 is 1.18 bits per heavy atom. The number of rotatable bonds is 8. The van der Waals surface area contributed by atoms with Crippen LogP contribution in [0.4, 0.5) is 17.3 Å². The summed E-state index contributed by atoms with van der Waals surface area (Å²) < 4.78 is 6.66. The molecule has 0 spiro atoms. The van der Waals surface area contributed by atoms with Gasteiger partial charge in [-0.05, 0) is 73.1 Å². The maximum Gasteiger partial charge on any atom is 0.227 e. The van der Waals surface area contributed by atoms with Crippen molar-refractivity contribution in [2.24, 2.45) is 0 Å². The van der Waals surface area contributed by atoms with Crippen LogP contribution in [0.5, 0.6) is 0 Å². The van der Waals surface area contributed by atoms with E-state index in [-0.39, 0.29) is 10.5 Å². The Hall–Kier alpha value is -3.25. The Bertz CT molecular complexity index is 1370. The monoisotopic (exact) mass is 528 g/mol. The molecule has 2 aromatic carbocycles. The lowest BCUT2D eigenvalue weighted by atomic mass is 9.83. The number of nitriles is 1. The lowest BCUT2D eigenvalue weighted by Gasteiger charge is -2.39. The third kappa shape index (κ3) is 5.60. The summed E-state index contributed by atoms with van der Waals surface area (Å²) in [4.78, 5) is 9.30. The number of nitrogens with zero attached hydrogens (tertiary/aromatic N) is 3. The van der Waals surface area contributed by atoms with Crippen LogP contribution in [0.2, 0.25) is 18.1 Å². The van der Waals surface area contributed by atoms with E-state index in [0.29, 0.717) is 18.1 Å². The minimum absolute atomic E-state index is 0.132. The third-order valence-corrected chi connectivity index (χ3v) is 12.5. The van der Waals surface area contributed by atoms with Crippen molar-refractivity contribution >= 4 is 25.6 Å². The average molecular weight is 529 g/mol. The van der Waals surface area contributed by atoms with Crippen molar-refractivity contribution in [3.63, 3.8) is 0 Å². The van der Waals surface area contributed by atoms with Gasteiger partial charge in [-0.15, -0.1) is 0 Å². The molecule has 1 aromatic heterocycles. The Morgan fingerprint density at radius 2 is 1.95 bits per heavy atom. The highest BCUT2D eigenvalue weighted by atomic mass is 28.4. The van der Waals surface area contributed by atoms with Gasteiger partial charge in [-0.25, -0.2) is 9.97 Å². The van der Waals surface area contributed by atoms with E-state index >= 15 is 0 Å². The number of hydrogen-bond acceptors (Lipinski definition) is 7. The van der Waals surface area contributed by atoms with Gasteiger partial charge in [-0.2, -0.15) is 5.26 Å². The molecule has 4 rings (SSSR count). The number of benzene rings is 2. The fraction of sp³-hybridized carbons (Fsp3) is 0.433. The summed E-state index contributed by atoms with van der Waals surface area (Å²) in [7, 11) is 0.0116. The van der Waals surface area contributed by atoms with Crippen LogP contribution in [0.25, 0.3) is 11.3 Å². The number of nitrogens with one attached hydrogen (secondary N) is 3. The number of anilines is 3. The molecular weight excluding hydrogens is 488 g/mol. The van der Waals surface area contributed by atoms with Crippen LogP contribution in [-0.4, -0.2) is 38.5 Å². The summed E-state index contributed by atoms with van der Waals surface area (Å²) in [5.41, 5.74) is 7.33. The highest BCUT2D eigenvalue weighted by molar-refractivity contribution is 6.74. The molecule has 1 atom stereocenters. The van der Waals surface area contributed by atoms with Crippen molar-refractivity contribution in [2.45, 2.75) is 64.7 Å². The van der Waals surface area contributed by atoms with Gasteiger partial charge in [0.1, 0.15) is 6.07 Å². The second-order valence-corrected chi connectivity index (χ2v) is 16.9. The van der Waals surface area contributed by atoms with Crippen LogP contribution in [0.1, 0.15) is 49.9 Å². The van der Waals surface area contributed by atoms with Gasteiger partial charge in [0.25, 0.3) is 0 Å². The van der Waals surface area contributed by atoms with E-state index in [1.807, 2.05) is 19.2 Å². The first-order valence-electron chi connectivity index (χ1n) is 13.2. The van der Waals surface area contributed by atoms with Gasteiger partial charge >= 0.3 is 0 Å². The van der Waals surface area contributed by atoms with Crippen molar-refractivity contribution in [2.75, 3.05) is 30.8 Å². The molecule has 200 valence electrons. The van der Waals surface area contributed by atoms with Crippen LogP contribution in [-0.2, 0) is 16.4 Å². The molecule has 1 aliphatic heterocycles. The highest BCUT2D eigenvalue weighted by Crippen LogP contribution is 2.44. The molecule has 0 amide bonds. The molecule has 3 N–H and O–H groups in total. The summed E-state index contributed by atoms with van der Waals surface area (Å²) in [6, 6.07) is 14.7. The van der Waals surface area contributed by atoms with E-state index in [0.717, 1.165) is 46.8 Å². The zero-order valence-electron chi connectivity index (χ0n) is 23.9. The molecule has 2 heterocycles. The highest BCUT2D eigenvalue weighted by Gasteiger charge is 2.42. The Labute approximate surface area is 228 Å². The zero-order valence-corrected chi connectivity index (χ0v) is 24.9. The van der Waals surface area contributed by atoms with Crippen LogP contribution >= 0.6 is 0 Å². The van der Waals surface area contributed by atoms with E-state index in [1.165, 1.54) is 5.56 Å². The summed E-state index contributed by atoms with van der Waals surface area (Å²) in [5.74, 6) is 0.522. The Balaban J connectivity index is 1.66. The molecular formula is C30H40N6OSi. The molecule has 38 heavy (non-hydrogen) atoms. The second-order valence-electron chi connectivity index (χ2n) is 12.1. The van der Waals surface area contributed by atoms with Crippen molar-refractivity contribution in [1.82, 2.24) is 15.3 Å². The minimum atomic E-state index is -1.92. The van der Waals surface area contributed by atoms with Gasteiger partial charge in [0.05, 0.1) is 16.9 Å². The first kappa shape index (κ1) is 27.8. The largest absolute Gasteiger partial charge is 0.416 e. The van der Waals surface area contributed by atoms with Gasteiger partial charge in [0.2, 0.25) is 5.95 Å². The second kappa shape index (κ2) is 10.5. The first-order chi connectivity index (χ1) is 17.9. The molecule has 3 aromatic rings. The standard InChI is InChI=1S/C30H40N6OSi/c1-20-9-10-21(17-32-6)13-26(20)36-28-33-12-11-25(35-28)22-14-23(16-31)27-24(15-22)30(5,18-34-27)19-37-38(7,8)29(2,3)4/h9-15,32,34H,17-19H2,1-8H3,(H,33,35,36)/t30-/m1/s1. The van der Waals surface area contributed by atoms with Crippen LogP contribution < -0.4 is 16.0 Å². The molecule has 0 bridgehead atoms. The molecule has 8 heteroatoms. The maximum absolute atomic E-state index is 9.99. The SMILES string of the molecule is CNCc1ccc(C)c(Nc2nccc(-c3cc(C#N)c4c(c3)[C@@](C)(CO[Si](C)(C)C(C)(C)C)CN4)n2)c1. The van der Waals surface area contributed by atoms with Crippen LogP contribution in [0, 0.1) is 18.3 Å². The summed E-state index contributed by atoms with van der Waals surface area (Å²) in [6.07, 6.45) is 1.76. The first-order valence-corrected chi connectivity index (χ1v) is 16.1. The van der Waals surface area contributed by atoms with Gasteiger partial charge in [0, 0.05) is 42.6 Å². The average Bonchev–Trinajstić information content (AvgIpc) is 3.21. The topological polar surface area (TPSA) is 94.9 Å². The van der Waals surface area contributed by atoms with Crippen molar-refractivity contribution in [3.05, 3.63) is 64.8 Å². The molecule has 0 aliphatic carbocycles. The number of hydrogen-bond donors (Lipinski definition) is 3. The molecule has 0 fully saturated rings. The lowest BCUT2D eigenvalue weighted by Crippen LogP contribution is -2.45. The quantitative estimate of drug-likeness (QED) is 0.288. The predicted octanol–water partition coefficient (Wildman–Crippen LogP) is 6.49. The third-order valence-electron chi connectivity index (χ3n) is 8.00. The van der Waals surface area contributed by atoms with Crippen LogP contribution in [0.15, 0.2) is 42.6 Å². The van der Waals surface area contributed by atoms with Gasteiger partial charge in [-0.3, -0.25) is 0 Å². The smallest absolute Gasteiger partial charge is 0.227 e. The lowest BCUT2D eigenvalue weighted by molar-refractivity contribution is 0.220. The number of aryl methyl sites for hydroxylation is 1. The summed E-state index contributed by atoms with van der Waals surface area (Å²) >= 11 is 0. The molecule has 1 aliphatic rings. The van der Waals surface area contributed by atoms with Crippen molar-refractivity contribution in [1.29, 1.82) is 5.26 Å². The molecule has 7 nitrogen and oxygen atoms in total. The van der Waals surface area contributed by atoms with E-state index < -0.39 is 8.32 Å². The van der Waals surface area contributed by atoms with Crippen molar-refractivity contribution in [3.8, 4) is 17.3 Å². The normalized spacial score (nSPS) is 17.0. The number of fused-ring (bicyclic) bond motifs is 1. The van der Waals surface area contributed by atoms with Crippen molar-refractivity contribution < 1.29 is 4.43 Å².